The Kier molecular flexibility index (Phi) is 2.59. The summed E-state index contributed by atoms with van der Waals surface area (Å²) in [6.45, 7) is 5.70. The third-order valence-corrected chi connectivity index (χ3v) is 5.81. The lowest BCUT2D eigenvalue weighted by Gasteiger charge is -2.31. The Morgan fingerprint density at radius 3 is 2.88 bits per heavy atom. The average Bonchev–Trinajstić information content (AvgIpc) is 2.84. The van der Waals surface area contributed by atoms with E-state index in [9.17, 15) is 4.39 Å². The average molecular weight is 241 g/mol. The quantitative estimate of drug-likeness (QED) is 0.730. The second-order valence-electron chi connectivity index (χ2n) is 5.72. The van der Waals surface area contributed by atoms with Gasteiger partial charge in [-0.25, -0.2) is 4.39 Å². The number of thioether (sulfide) groups is 1. The molecular formula is C13H20FNS. The molecule has 1 nitrogen and oxygen atoms in total. The number of likely N-dealkylation sites (tertiary alicyclic amines) is 1. The van der Waals surface area contributed by atoms with E-state index in [2.05, 4.69) is 25.0 Å². The van der Waals surface area contributed by atoms with Crippen molar-refractivity contribution >= 4 is 11.8 Å². The van der Waals surface area contributed by atoms with Crippen LogP contribution in [0.2, 0.25) is 0 Å². The lowest BCUT2D eigenvalue weighted by Crippen LogP contribution is -2.37. The predicted octanol–water partition coefficient (Wildman–Crippen LogP) is 3.14. The minimum Gasteiger partial charge on any atom is -0.288 e. The highest BCUT2D eigenvalue weighted by atomic mass is 32.2. The van der Waals surface area contributed by atoms with Crippen LogP contribution in [0.3, 0.4) is 0 Å². The van der Waals surface area contributed by atoms with Crippen LogP contribution in [0.1, 0.15) is 20.3 Å². The Morgan fingerprint density at radius 1 is 1.50 bits per heavy atom. The fraction of sp³-hybridized carbons (Fsp3) is 0.846. The molecule has 1 saturated carbocycles. The topological polar surface area (TPSA) is 3.24 Å². The molecule has 5 unspecified atom stereocenters. The van der Waals surface area contributed by atoms with Gasteiger partial charge in [0.05, 0.1) is 11.2 Å². The zero-order valence-corrected chi connectivity index (χ0v) is 11.0. The van der Waals surface area contributed by atoms with Gasteiger partial charge in [-0.1, -0.05) is 0 Å². The van der Waals surface area contributed by atoms with E-state index < -0.39 is 0 Å². The molecule has 0 radical (unpaired) electrons. The predicted molar refractivity (Wildman–Crippen MR) is 66.9 cm³/mol. The van der Waals surface area contributed by atoms with Crippen LogP contribution < -0.4 is 0 Å². The van der Waals surface area contributed by atoms with E-state index in [0.717, 1.165) is 12.3 Å². The molecule has 2 fully saturated rings. The third-order valence-electron chi connectivity index (χ3n) is 4.75. The zero-order chi connectivity index (χ0) is 11.4. The summed E-state index contributed by atoms with van der Waals surface area (Å²) in [6, 6.07) is 0.588. The van der Waals surface area contributed by atoms with Gasteiger partial charge in [0.1, 0.15) is 0 Å². The molecule has 2 aliphatic carbocycles. The fourth-order valence-electron chi connectivity index (χ4n) is 4.06. The van der Waals surface area contributed by atoms with Gasteiger partial charge in [-0.3, -0.25) is 4.90 Å². The van der Waals surface area contributed by atoms with Gasteiger partial charge in [-0.2, -0.15) is 0 Å². The first-order valence-electron chi connectivity index (χ1n) is 6.29. The number of hydrogen-bond donors (Lipinski definition) is 0. The summed E-state index contributed by atoms with van der Waals surface area (Å²) in [5, 5.41) is 0.541. The minimum absolute atomic E-state index is 0.191. The van der Waals surface area contributed by atoms with Crippen molar-refractivity contribution in [1.82, 2.24) is 4.90 Å². The summed E-state index contributed by atoms with van der Waals surface area (Å²) in [6.07, 6.45) is 5.17. The van der Waals surface area contributed by atoms with Crippen LogP contribution in [0.4, 0.5) is 4.39 Å². The van der Waals surface area contributed by atoms with Crippen molar-refractivity contribution < 1.29 is 4.39 Å². The summed E-state index contributed by atoms with van der Waals surface area (Å²) in [7, 11) is 0. The molecule has 1 saturated heterocycles. The standard InChI is InChI=1S/C13H20FNS/c1-7(2)15-6-10-8-4-9(11(14)5-8)12(10)13(15)16-3/h5,7-10,12-13H,4,6H2,1-3H3. The molecule has 0 aromatic carbocycles. The van der Waals surface area contributed by atoms with Crippen molar-refractivity contribution in [3.8, 4) is 0 Å². The number of allylic oxidation sites excluding steroid dienone is 2. The maximum Gasteiger partial charge on any atom is 0.0997 e. The van der Waals surface area contributed by atoms with E-state index in [1.165, 1.54) is 6.54 Å². The monoisotopic (exact) mass is 241 g/mol. The Bertz CT molecular complexity index is 328. The van der Waals surface area contributed by atoms with Gasteiger partial charge in [-0.15, -0.1) is 11.8 Å². The van der Waals surface area contributed by atoms with Crippen LogP contribution in [-0.4, -0.2) is 29.1 Å². The summed E-state index contributed by atoms with van der Waals surface area (Å²) in [5.41, 5.74) is 0. The maximum atomic E-state index is 13.7. The lowest BCUT2D eigenvalue weighted by molar-refractivity contribution is 0.221. The number of rotatable bonds is 2. The van der Waals surface area contributed by atoms with Gasteiger partial charge in [0.25, 0.3) is 0 Å². The Labute approximate surface area is 101 Å². The lowest BCUT2D eigenvalue weighted by atomic mass is 9.85. The first-order valence-corrected chi connectivity index (χ1v) is 7.58. The van der Waals surface area contributed by atoms with E-state index in [1.807, 2.05) is 17.8 Å². The Morgan fingerprint density at radius 2 is 2.25 bits per heavy atom. The van der Waals surface area contributed by atoms with E-state index >= 15 is 0 Å². The summed E-state index contributed by atoms with van der Waals surface area (Å²) >= 11 is 1.92. The first-order chi connectivity index (χ1) is 7.63. The molecule has 16 heavy (non-hydrogen) atoms. The van der Waals surface area contributed by atoms with Crippen LogP contribution in [0.5, 0.6) is 0 Å². The van der Waals surface area contributed by atoms with E-state index in [1.54, 1.807) is 0 Å². The fourth-order valence-corrected chi connectivity index (χ4v) is 5.36. The molecule has 2 bridgehead atoms. The van der Waals surface area contributed by atoms with Gasteiger partial charge in [-0.05, 0) is 50.4 Å². The van der Waals surface area contributed by atoms with Crippen LogP contribution in [-0.2, 0) is 0 Å². The Balaban J connectivity index is 1.88. The van der Waals surface area contributed by atoms with E-state index in [-0.39, 0.29) is 11.7 Å². The van der Waals surface area contributed by atoms with Gasteiger partial charge in [0.15, 0.2) is 0 Å². The molecule has 0 aromatic heterocycles. The molecule has 5 atom stereocenters. The molecule has 3 heteroatoms. The largest absolute Gasteiger partial charge is 0.288 e. The summed E-state index contributed by atoms with van der Waals surface area (Å²) in [5.74, 6) is 2.28. The zero-order valence-electron chi connectivity index (χ0n) is 10.2. The Hall–Kier alpha value is -0.0200. The maximum absolute atomic E-state index is 13.7. The number of nitrogens with zero attached hydrogens (tertiary/aromatic N) is 1. The molecule has 90 valence electrons. The number of halogens is 1. The van der Waals surface area contributed by atoms with Crippen molar-refractivity contribution in [3.63, 3.8) is 0 Å². The van der Waals surface area contributed by atoms with Crippen molar-refractivity contribution in [3.05, 3.63) is 11.9 Å². The molecule has 1 aliphatic heterocycles. The van der Waals surface area contributed by atoms with Gasteiger partial charge >= 0.3 is 0 Å². The van der Waals surface area contributed by atoms with E-state index in [4.69, 9.17) is 0 Å². The highest BCUT2D eigenvalue weighted by Gasteiger charge is 2.57. The number of hydrogen-bond acceptors (Lipinski definition) is 2. The van der Waals surface area contributed by atoms with Crippen LogP contribution in [0.25, 0.3) is 0 Å². The SMILES string of the molecule is CSC1C2C3CC(C=C3F)C2CN1C(C)C. The molecule has 0 N–H and O–H groups in total. The molecular weight excluding hydrogens is 221 g/mol. The smallest absolute Gasteiger partial charge is 0.0997 e. The molecule has 1 heterocycles. The van der Waals surface area contributed by atoms with Gasteiger partial charge in [0.2, 0.25) is 0 Å². The molecule has 3 aliphatic rings. The normalized spacial score (nSPS) is 46.6. The molecule has 0 aromatic rings. The van der Waals surface area contributed by atoms with Crippen LogP contribution in [0, 0.1) is 23.7 Å². The second-order valence-corrected chi connectivity index (χ2v) is 6.67. The number of fused-ring (bicyclic) bond motifs is 5. The second kappa shape index (κ2) is 3.74. The molecule has 3 rings (SSSR count). The van der Waals surface area contributed by atoms with Gasteiger partial charge in [0, 0.05) is 18.5 Å². The molecule has 0 amide bonds. The van der Waals surface area contributed by atoms with Crippen LogP contribution in [0.15, 0.2) is 11.9 Å². The van der Waals surface area contributed by atoms with Crippen molar-refractivity contribution in [2.24, 2.45) is 23.7 Å². The van der Waals surface area contributed by atoms with Crippen molar-refractivity contribution in [2.75, 3.05) is 12.8 Å². The third kappa shape index (κ3) is 1.34. The highest BCUT2D eigenvalue weighted by molar-refractivity contribution is 7.99. The van der Waals surface area contributed by atoms with Crippen molar-refractivity contribution in [1.29, 1.82) is 0 Å². The highest BCUT2D eigenvalue weighted by Crippen LogP contribution is 2.58. The van der Waals surface area contributed by atoms with Crippen molar-refractivity contribution in [2.45, 2.75) is 31.7 Å². The molecule has 0 spiro atoms. The first kappa shape index (κ1) is 11.1. The summed E-state index contributed by atoms with van der Waals surface area (Å²) < 4.78 is 13.7. The van der Waals surface area contributed by atoms with Crippen LogP contribution >= 0.6 is 11.8 Å². The summed E-state index contributed by atoms with van der Waals surface area (Å²) in [4.78, 5) is 2.58. The minimum atomic E-state index is 0.191. The van der Waals surface area contributed by atoms with E-state index in [0.29, 0.717) is 23.3 Å². The van der Waals surface area contributed by atoms with Gasteiger partial charge < -0.3 is 0 Å².